The van der Waals surface area contributed by atoms with E-state index in [2.05, 4.69) is 5.32 Å². The number of carbonyl (C=O) groups excluding carboxylic acids is 4. The molecule has 2 saturated heterocycles. The van der Waals surface area contributed by atoms with Crippen LogP contribution in [0, 0.1) is 23.7 Å². The molecule has 0 unspecified atom stereocenters. The van der Waals surface area contributed by atoms with E-state index < -0.39 is 40.9 Å². The van der Waals surface area contributed by atoms with Gasteiger partial charge in [0, 0.05) is 53.6 Å². The van der Waals surface area contributed by atoms with E-state index in [1.165, 1.54) is 11.3 Å². The third kappa shape index (κ3) is 7.06. The number of fused-ring (bicyclic) bond motifs is 4. The predicted molar refractivity (Wildman–Crippen MR) is 181 cm³/mol. The maximum Gasteiger partial charge on any atom is 0.330 e. The summed E-state index contributed by atoms with van der Waals surface area (Å²) in [5.41, 5.74) is -0.517. The average molecular weight is 676 g/mol. The van der Waals surface area contributed by atoms with Crippen molar-refractivity contribution in [3.05, 3.63) is 59.5 Å². The number of carboxylic acids is 1. The lowest BCUT2D eigenvalue weighted by molar-refractivity contribution is -0.159. The van der Waals surface area contributed by atoms with Crippen molar-refractivity contribution < 1.29 is 33.8 Å². The molecule has 3 amide bonds. The number of amides is 3. The monoisotopic (exact) mass is 675 g/mol. The first kappa shape index (κ1) is 33.9. The maximum atomic E-state index is 14.4. The van der Waals surface area contributed by atoms with Gasteiger partial charge in [-0.3, -0.25) is 19.2 Å². The summed E-state index contributed by atoms with van der Waals surface area (Å²) >= 11 is 1.50. The molecule has 1 saturated carbocycles. The zero-order valence-corrected chi connectivity index (χ0v) is 28.7. The van der Waals surface area contributed by atoms with Crippen LogP contribution < -0.4 is 5.32 Å². The highest BCUT2D eigenvalue weighted by atomic mass is 32.1. The second-order valence-corrected chi connectivity index (χ2v) is 15.7. The van der Waals surface area contributed by atoms with Crippen LogP contribution in [0.2, 0.25) is 0 Å². The molecule has 48 heavy (non-hydrogen) atoms. The van der Waals surface area contributed by atoms with Crippen molar-refractivity contribution >= 4 is 41.0 Å². The van der Waals surface area contributed by atoms with Gasteiger partial charge in [0.2, 0.25) is 11.8 Å². The fourth-order valence-electron chi connectivity index (χ4n) is 7.64. The van der Waals surface area contributed by atoms with Crippen molar-refractivity contribution in [2.24, 2.45) is 23.7 Å². The standard InChI is InChI=1S/C37H45N3O7S/c1-36(2,3)47-30(41)17-24-14-8-5-4-6-11-15-27-18-37(27,35(45)46)38-32(42)31-28-21-39(19-26(28)20-40(31)34(24)44)33(43)25-16-29(48-22-25)23-12-9-7-10-13-23/h7,9-13,15-16,22,24,26-28,31H,4-6,8,14,17-21H2,1-3H3,(H,38,42)(H,45,46)/b15-11-/t24-,26-,27+,28-,31-,37+/m0/s1. The van der Waals surface area contributed by atoms with E-state index in [4.69, 9.17) is 4.74 Å². The molecule has 4 heterocycles. The number of aliphatic carboxylic acids is 1. The van der Waals surface area contributed by atoms with Gasteiger partial charge < -0.3 is 25.0 Å². The molecule has 6 rings (SSSR count). The van der Waals surface area contributed by atoms with Crippen LogP contribution in [-0.4, -0.2) is 81.4 Å². The molecule has 3 aliphatic heterocycles. The van der Waals surface area contributed by atoms with E-state index in [1.807, 2.05) is 53.9 Å². The Kier molecular flexibility index (Phi) is 9.53. The molecule has 2 N–H and O–H groups in total. The second kappa shape index (κ2) is 13.5. The summed E-state index contributed by atoms with van der Waals surface area (Å²) in [6.45, 7) is 6.25. The van der Waals surface area contributed by atoms with Gasteiger partial charge in [-0.25, -0.2) is 4.79 Å². The molecule has 0 radical (unpaired) electrons. The Bertz CT molecular complexity index is 1600. The molecule has 0 bridgehead atoms. The molecule has 1 aromatic carbocycles. The number of carboxylic acid groups (broad SMARTS) is 1. The summed E-state index contributed by atoms with van der Waals surface area (Å²) < 4.78 is 5.59. The highest BCUT2D eigenvalue weighted by Gasteiger charge is 2.62. The summed E-state index contributed by atoms with van der Waals surface area (Å²) in [6.07, 6.45) is 7.78. The van der Waals surface area contributed by atoms with E-state index in [9.17, 15) is 29.1 Å². The molecule has 10 nitrogen and oxygen atoms in total. The summed E-state index contributed by atoms with van der Waals surface area (Å²) in [5, 5.41) is 14.9. The number of benzene rings is 1. The van der Waals surface area contributed by atoms with Gasteiger partial charge in [0.15, 0.2) is 0 Å². The van der Waals surface area contributed by atoms with Gasteiger partial charge in [-0.15, -0.1) is 11.3 Å². The Morgan fingerprint density at radius 2 is 1.83 bits per heavy atom. The third-order valence-corrected chi connectivity index (χ3v) is 11.1. The number of nitrogens with one attached hydrogen (secondary N) is 1. The second-order valence-electron chi connectivity index (χ2n) is 14.8. The Morgan fingerprint density at radius 1 is 1.06 bits per heavy atom. The molecule has 256 valence electrons. The van der Waals surface area contributed by atoms with Crippen LogP contribution in [0.25, 0.3) is 10.4 Å². The smallest absolute Gasteiger partial charge is 0.330 e. The number of esters is 1. The van der Waals surface area contributed by atoms with E-state index >= 15 is 0 Å². The largest absolute Gasteiger partial charge is 0.479 e. The van der Waals surface area contributed by atoms with Gasteiger partial charge in [0.1, 0.15) is 17.2 Å². The molecular weight excluding hydrogens is 630 g/mol. The Morgan fingerprint density at radius 3 is 2.56 bits per heavy atom. The first-order chi connectivity index (χ1) is 22.9. The molecule has 1 aliphatic carbocycles. The third-order valence-electron chi connectivity index (χ3n) is 10.1. The minimum Gasteiger partial charge on any atom is -0.479 e. The lowest BCUT2D eigenvalue weighted by Crippen LogP contribution is -2.56. The van der Waals surface area contributed by atoms with E-state index in [1.54, 1.807) is 30.6 Å². The van der Waals surface area contributed by atoms with Crippen molar-refractivity contribution in [2.75, 3.05) is 19.6 Å². The van der Waals surface area contributed by atoms with Gasteiger partial charge >= 0.3 is 11.9 Å². The van der Waals surface area contributed by atoms with Crippen LogP contribution in [0.4, 0.5) is 0 Å². The van der Waals surface area contributed by atoms with Crippen molar-refractivity contribution in [1.82, 2.24) is 15.1 Å². The highest BCUT2D eigenvalue weighted by Crippen LogP contribution is 2.46. The van der Waals surface area contributed by atoms with Crippen LogP contribution in [0.15, 0.2) is 53.9 Å². The first-order valence-electron chi connectivity index (χ1n) is 17.0. The summed E-state index contributed by atoms with van der Waals surface area (Å²) in [6, 6.07) is 10.8. The van der Waals surface area contributed by atoms with Crippen LogP contribution in [-0.2, 0) is 23.9 Å². The van der Waals surface area contributed by atoms with E-state index in [0.29, 0.717) is 18.5 Å². The van der Waals surface area contributed by atoms with E-state index in [-0.39, 0.29) is 55.5 Å². The summed E-state index contributed by atoms with van der Waals surface area (Å²) in [5.74, 6) is -4.04. The van der Waals surface area contributed by atoms with E-state index in [0.717, 1.165) is 36.1 Å². The van der Waals surface area contributed by atoms with Crippen molar-refractivity contribution in [2.45, 2.75) is 82.9 Å². The lowest BCUT2D eigenvalue weighted by atomic mass is 9.92. The average Bonchev–Trinajstić information content (AvgIpc) is 3.37. The maximum absolute atomic E-state index is 14.4. The summed E-state index contributed by atoms with van der Waals surface area (Å²) in [7, 11) is 0. The van der Waals surface area contributed by atoms with Crippen LogP contribution in [0.1, 0.15) is 76.1 Å². The number of nitrogens with zero attached hydrogens (tertiary/aromatic N) is 2. The molecule has 4 aliphatic rings. The fraction of sp³-hybridized carbons (Fsp3) is 0.541. The number of allylic oxidation sites excluding steroid dienone is 1. The van der Waals surface area contributed by atoms with Crippen LogP contribution >= 0.6 is 11.3 Å². The number of thiophene rings is 1. The number of hydrogen-bond donors (Lipinski definition) is 2. The Balaban J connectivity index is 1.26. The van der Waals surface area contributed by atoms with Gasteiger partial charge in [-0.2, -0.15) is 0 Å². The molecule has 6 atom stereocenters. The normalized spacial score (nSPS) is 29.9. The van der Waals surface area contributed by atoms with Crippen molar-refractivity contribution in [1.29, 1.82) is 0 Å². The summed E-state index contributed by atoms with van der Waals surface area (Å²) in [4.78, 5) is 72.1. The van der Waals surface area contributed by atoms with Crippen molar-refractivity contribution in [3.63, 3.8) is 0 Å². The number of hydrogen-bond acceptors (Lipinski definition) is 7. The predicted octanol–water partition coefficient (Wildman–Crippen LogP) is 5.14. The minimum absolute atomic E-state index is 0.0934. The molecule has 11 heteroatoms. The lowest BCUT2D eigenvalue weighted by Gasteiger charge is -2.32. The Labute approximate surface area is 285 Å². The van der Waals surface area contributed by atoms with Gasteiger partial charge in [-0.05, 0) is 58.1 Å². The quantitative estimate of drug-likeness (QED) is 0.331. The minimum atomic E-state index is -1.42. The number of ether oxygens (including phenoxy) is 1. The van der Waals surface area contributed by atoms with Crippen LogP contribution in [0.5, 0.6) is 0 Å². The Hall–Kier alpha value is -3.99. The SMILES string of the molecule is CC(C)(C)OC(=O)C[C@@H]1CCCCC/C=C\[C@@H]2C[C@@]2(C(=O)O)NC(=O)[C@@H]2[C@H]3CN(C(=O)c4csc(-c5ccccc5)c4)C[C@H]3CN2C1=O. The molecular formula is C37H45N3O7S. The topological polar surface area (TPSA) is 133 Å². The van der Waals surface area contributed by atoms with Gasteiger partial charge in [-0.1, -0.05) is 55.3 Å². The number of rotatable bonds is 5. The molecule has 2 aromatic rings. The highest BCUT2D eigenvalue weighted by molar-refractivity contribution is 7.13. The van der Waals surface area contributed by atoms with Crippen LogP contribution in [0.3, 0.4) is 0 Å². The zero-order valence-electron chi connectivity index (χ0n) is 27.9. The molecule has 3 fully saturated rings. The number of likely N-dealkylation sites (tertiary alicyclic amines) is 1. The molecule has 1 aromatic heterocycles. The molecule has 0 spiro atoms. The van der Waals surface area contributed by atoms with Gasteiger partial charge in [0.25, 0.3) is 5.91 Å². The fourth-order valence-corrected chi connectivity index (χ4v) is 8.53. The number of carbonyl (C=O) groups is 5. The van der Waals surface area contributed by atoms with Gasteiger partial charge in [0.05, 0.1) is 12.0 Å². The first-order valence-corrected chi connectivity index (χ1v) is 17.9. The van der Waals surface area contributed by atoms with Crippen molar-refractivity contribution in [3.8, 4) is 10.4 Å². The zero-order chi connectivity index (χ0) is 34.2.